The zero-order valence-corrected chi connectivity index (χ0v) is 10.2. The molecule has 14 heavy (non-hydrogen) atoms. The molecule has 78 valence electrons. The number of anilines is 1. The standard InChI is InChI=1S/C10H16BrN3/c1-8-6-9(11)7-13-10(8)14(2)5-3-4-12/h6-7H,3-5,12H2,1-2H3. The lowest BCUT2D eigenvalue weighted by Crippen LogP contribution is -2.22. The van der Waals surface area contributed by atoms with Gasteiger partial charge in [-0.15, -0.1) is 0 Å². The second-order valence-corrected chi connectivity index (χ2v) is 4.27. The number of nitrogens with zero attached hydrogens (tertiary/aromatic N) is 2. The first-order chi connectivity index (χ1) is 6.65. The number of aromatic nitrogens is 1. The summed E-state index contributed by atoms with van der Waals surface area (Å²) >= 11 is 3.40. The summed E-state index contributed by atoms with van der Waals surface area (Å²) < 4.78 is 1.02. The van der Waals surface area contributed by atoms with Crippen LogP contribution in [0.4, 0.5) is 5.82 Å². The van der Waals surface area contributed by atoms with E-state index in [0.29, 0.717) is 0 Å². The molecule has 0 saturated heterocycles. The molecule has 1 aromatic heterocycles. The van der Waals surface area contributed by atoms with Gasteiger partial charge in [0.2, 0.25) is 0 Å². The fourth-order valence-electron chi connectivity index (χ4n) is 1.37. The van der Waals surface area contributed by atoms with Gasteiger partial charge in [-0.2, -0.15) is 0 Å². The molecule has 1 heterocycles. The van der Waals surface area contributed by atoms with E-state index in [9.17, 15) is 0 Å². The van der Waals surface area contributed by atoms with Crippen LogP contribution >= 0.6 is 15.9 Å². The first-order valence-corrected chi connectivity index (χ1v) is 5.48. The van der Waals surface area contributed by atoms with Crippen molar-refractivity contribution in [3.05, 3.63) is 22.3 Å². The summed E-state index contributed by atoms with van der Waals surface area (Å²) in [6.45, 7) is 3.73. The molecule has 3 nitrogen and oxygen atoms in total. The van der Waals surface area contributed by atoms with Gasteiger partial charge in [0.25, 0.3) is 0 Å². The number of halogens is 1. The van der Waals surface area contributed by atoms with Crippen LogP contribution in [0.2, 0.25) is 0 Å². The highest BCUT2D eigenvalue weighted by molar-refractivity contribution is 9.10. The van der Waals surface area contributed by atoms with Crippen molar-refractivity contribution in [1.82, 2.24) is 4.98 Å². The minimum Gasteiger partial charge on any atom is -0.359 e. The summed E-state index contributed by atoms with van der Waals surface area (Å²) in [5, 5.41) is 0. The number of nitrogens with two attached hydrogens (primary N) is 1. The molecule has 0 atom stereocenters. The molecule has 0 radical (unpaired) electrons. The van der Waals surface area contributed by atoms with Crippen LogP contribution in [0.3, 0.4) is 0 Å². The van der Waals surface area contributed by atoms with Crippen LogP contribution < -0.4 is 10.6 Å². The van der Waals surface area contributed by atoms with Crippen molar-refractivity contribution in [3.8, 4) is 0 Å². The van der Waals surface area contributed by atoms with Crippen LogP contribution in [-0.2, 0) is 0 Å². The smallest absolute Gasteiger partial charge is 0.131 e. The van der Waals surface area contributed by atoms with Gasteiger partial charge in [-0.3, -0.25) is 0 Å². The maximum absolute atomic E-state index is 5.46. The summed E-state index contributed by atoms with van der Waals surface area (Å²) in [7, 11) is 2.04. The molecule has 0 aromatic carbocycles. The lowest BCUT2D eigenvalue weighted by Gasteiger charge is -2.19. The van der Waals surface area contributed by atoms with Gasteiger partial charge in [-0.05, 0) is 47.4 Å². The third-order valence-corrected chi connectivity index (χ3v) is 2.51. The lowest BCUT2D eigenvalue weighted by molar-refractivity contribution is 0.784. The third kappa shape index (κ3) is 2.96. The van der Waals surface area contributed by atoms with Crippen molar-refractivity contribution in [1.29, 1.82) is 0 Å². The average molecular weight is 258 g/mol. The largest absolute Gasteiger partial charge is 0.359 e. The summed E-state index contributed by atoms with van der Waals surface area (Å²) in [6, 6.07) is 2.07. The van der Waals surface area contributed by atoms with E-state index in [1.165, 1.54) is 5.56 Å². The molecule has 0 aliphatic heterocycles. The number of aryl methyl sites for hydroxylation is 1. The lowest BCUT2D eigenvalue weighted by atomic mass is 10.2. The third-order valence-electron chi connectivity index (χ3n) is 2.08. The molecule has 2 N–H and O–H groups in total. The Balaban J connectivity index is 2.74. The highest BCUT2D eigenvalue weighted by Crippen LogP contribution is 2.19. The minimum absolute atomic E-state index is 0.722. The highest BCUT2D eigenvalue weighted by atomic mass is 79.9. The van der Waals surface area contributed by atoms with Crippen LogP contribution in [0.15, 0.2) is 16.7 Å². The molecule has 0 bridgehead atoms. The van der Waals surface area contributed by atoms with Crippen molar-refractivity contribution in [2.24, 2.45) is 5.73 Å². The molecule has 1 aromatic rings. The normalized spacial score (nSPS) is 10.3. The molecular formula is C10H16BrN3. The zero-order chi connectivity index (χ0) is 10.6. The fraction of sp³-hybridized carbons (Fsp3) is 0.500. The van der Waals surface area contributed by atoms with Crippen molar-refractivity contribution in [2.75, 3.05) is 25.0 Å². The fourth-order valence-corrected chi connectivity index (χ4v) is 1.81. The van der Waals surface area contributed by atoms with Crippen molar-refractivity contribution < 1.29 is 0 Å². The maximum Gasteiger partial charge on any atom is 0.131 e. The van der Waals surface area contributed by atoms with E-state index in [1.807, 2.05) is 13.2 Å². The minimum atomic E-state index is 0.722. The number of hydrogen-bond donors (Lipinski definition) is 1. The Morgan fingerprint density at radius 3 is 2.86 bits per heavy atom. The van der Waals surface area contributed by atoms with Gasteiger partial charge in [0, 0.05) is 24.3 Å². The quantitative estimate of drug-likeness (QED) is 0.897. The Morgan fingerprint density at radius 1 is 1.57 bits per heavy atom. The second kappa shape index (κ2) is 5.32. The Morgan fingerprint density at radius 2 is 2.29 bits per heavy atom. The first-order valence-electron chi connectivity index (χ1n) is 4.68. The molecule has 0 fully saturated rings. The van der Waals surface area contributed by atoms with Crippen LogP contribution in [0.5, 0.6) is 0 Å². The molecule has 0 unspecified atom stereocenters. The van der Waals surface area contributed by atoms with Gasteiger partial charge < -0.3 is 10.6 Å². The first kappa shape index (κ1) is 11.5. The predicted molar refractivity (Wildman–Crippen MR) is 63.6 cm³/mol. The SMILES string of the molecule is Cc1cc(Br)cnc1N(C)CCCN. The summed E-state index contributed by atoms with van der Waals surface area (Å²) in [4.78, 5) is 6.50. The van der Waals surface area contributed by atoms with E-state index in [4.69, 9.17) is 5.73 Å². The van der Waals surface area contributed by atoms with E-state index >= 15 is 0 Å². The molecule has 0 aliphatic rings. The molecular weight excluding hydrogens is 242 g/mol. The van der Waals surface area contributed by atoms with E-state index in [0.717, 1.165) is 29.8 Å². The summed E-state index contributed by atoms with van der Waals surface area (Å²) in [5.74, 6) is 1.03. The Hall–Kier alpha value is -0.610. The van der Waals surface area contributed by atoms with Crippen LogP contribution in [-0.4, -0.2) is 25.1 Å². The van der Waals surface area contributed by atoms with E-state index in [2.05, 4.69) is 38.8 Å². The predicted octanol–water partition coefficient (Wildman–Crippen LogP) is 1.94. The van der Waals surface area contributed by atoms with Crippen molar-refractivity contribution in [2.45, 2.75) is 13.3 Å². The van der Waals surface area contributed by atoms with E-state index in [1.54, 1.807) is 0 Å². The molecule has 1 rings (SSSR count). The van der Waals surface area contributed by atoms with E-state index < -0.39 is 0 Å². The van der Waals surface area contributed by atoms with Crippen LogP contribution in [0.1, 0.15) is 12.0 Å². The average Bonchev–Trinajstić information content (AvgIpc) is 2.14. The molecule has 4 heteroatoms. The zero-order valence-electron chi connectivity index (χ0n) is 8.63. The summed E-state index contributed by atoms with van der Waals surface area (Å²) in [5.41, 5.74) is 6.64. The molecule has 0 spiro atoms. The van der Waals surface area contributed by atoms with Gasteiger partial charge in [-0.1, -0.05) is 0 Å². The van der Waals surface area contributed by atoms with Crippen molar-refractivity contribution in [3.63, 3.8) is 0 Å². The van der Waals surface area contributed by atoms with Gasteiger partial charge in [0.15, 0.2) is 0 Å². The maximum atomic E-state index is 5.46. The van der Waals surface area contributed by atoms with Gasteiger partial charge in [0.1, 0.15) is 5.82 Å². The second-order valence-electron chi connectivity index (χ2n) is 3.36. The van der Waals surface area contributed by atoms with Crippen molar-refractivity contribution >= 4 is 21.7 Å². The Labute approximate surface area is 93.4 Å². The van der Waals surface area contributed by atoms with Gasteiger partial charge >= 0.3 is 0 Å². The van der Waals surface area contributed by atoms with Crippen LogP contribution in [0, 0.1) is 6.92 Å². The topological polar surface area (TPSA) is 42.2 Å². The number of pyridine rings is 1. The molecule has 0 amide bonds. The molecule has 0 saturated carbocycles. The number of rotatable bonds is 4. The summed E-state index contributed by atoms with van der Waals surface area (Å²) in [6.07, 6.45) is 2.81. The number of hydrogen-bond acceptors (Lipinski definition) is 3. The van der Waals surface area contributed by atoms with Gasteiger partial charge in [-0.25, -0.2) is 4.98 Å². The van der Waals surface area contributed by atoms with Gasteiger partial charge in [0.05, 0.1) is 0 Å². The monoisotopic (exact) mass is 257 g/mol. The van der Waals surface area contributed by atoms with E-state index in [-0.39, 0.29) is 0 Å². The Kier molecular flexibility index (Phi) is 4.35. The molecule has 0 aliphatic carbocycles. The highest BCUT2D eigenvalue weighted by Gasteiger charge is 2.05. The Bertz CT molecular complexity index is 301. The van der Waals surface area contributed by atoms with Crippen LogP contribution in [0.25, 0.3) is 0 Å².